The summed E-state index contributed by atoms with van der Waals surface area (Å²) in [5.41, 5.74) is 24.0. The highest BCUT2D eigenvalue weighted by Crippen LogP contribution is 2.33. The van der Waals surface area contributed by atoms with Gasteiger partial charge in [0.1, 0.15) is 0 Å². The highest BCUT2D eigenvalue weighted by atomic mass is 14.7. The van der Waals surface area contributed by atoms with Gasteiger partial charge in [0, 0.05) is 11.3 Å². The van der Waals surface area contributed by atoms with Gasteiger partial charge in [-0.3, -0.25) is 0 Å². The summed E-state index contributed by atoms with van der Waals surface area (Å²) in [6.45, 7) is 0. The molecule has 0 fully saturated rings. The van der Waals surface area contributed by atoms with Crippen molar-refractivity contribution >= 4 is 29.2 Å². The monoisotopic (exact) mass is 301 g/mol. The third-order valence-corrected chi connectivity index (χ3v) is 3.80. The second kappa shape index (κ2) is 6.28. The number of nitrogens with two attached hydrogens (primary N) is 3. The zero-order chi connectivity index (χ0) is 16.2. The minimum absolute atomic E-state index is 0.588. The lowest BCUT2D eigenvalue weighted by molar-refractivity contribution is 1.58. The summed E-state index contributed by atoms with van der Waals surface area (Å²) in [5.74, 6) is 0. The zero-order valence-corrected chi connectivity index (χ0v) is 12.7. The molecule has 3 heteroatoms. The van der Waals surface area contributed by atoms with Gasteiger partial charge >= 0.3 is 0 Å². The third kappa shape index (κ3) is 3.19. The van der Waals surface area contributed by atoms with Crippen molar-refractivity contribution in [2.45, 2.75) is 0 Å². The van der Waals surface area contributed by atoms with Crippen LogP contribution in [0.1, 0.15) is 11.1 Å². The number of hydrogen-bond donors (Lipinski definition) is 3. The van der Waals surface area contributed by atoms with Gasteiger partial charge in [0.15, 0.2) is 0 Å². The molecule has 3 aromatic rings. The normalized spacial score (nSPS) is 11.0. The molecule has 0 radical (unpaired) electrons. The van der Waals surface area contributed by atoms with Gasteiger partial charge in [0.2, 0.25) is 0 Å². The lowest BCUT2D eigenvalue weighted by Gasteiger charge is -2.11. The van der Waals surface area contributed by atoms with Gasteiger partial charge in [0.05, 0.1) is 11.4 Å². The summed E-state index contributed by atoms with van der Waals surface area (Å²) in [4.78, 5) is 0. The maximum atomic E-state index is 6.23. The zero-order valence-electron chi connectivity index (χ0n) is 12.7. The van der Waals surface area contributed by atoms with Crippen molar-refractivity contribution in [2.24, 2.45) is 0 Å². The van der Waals surface area contributed by atoms with E-state index in [0.717, 1.165) is 27.9 Å². The van der Waals surface area contributed by atoms with Crippen molar-refractivity contribution in [1.29, 1.82) is 0 Å². The van der Waals surface area contributed by atoms with Crippen LogP contribution in [0.5, 0.6) is 0 Å². The lowest BCUT2D eigenvalue weighted by atomic mass is 9.99. The van der Waals surface area contributed by atoms with Crippen LogP contribution in [0.15, 0.2) is 66.7 Å². The summed E-state index contributed by atoms with van der Waals surface area (Å²) in [5, 5.41) is 0. The van der Waals surface area contributed by atoms with Gasteiger partial charge < -0.3 is 17.2 Å². The molecule has 0 saturated carbocycles. The molecular weight excluding hydrogens is 282 g/mol. The number of rotatable bonds is 3. The van der Waals surface area contributed by atoms with Crippen molar-refractivity contribution in [2.75, 3.05) is 17.2 Å². The van der Waals surface area contributed by atoms with E-state index in [2.05, 4.69) is 0 Å². The van der Waals surface area contributed by atoms with Crippen LogP contribution in [0.25, 0.3) is 23.3 Å². The van der Waals surface area contributed by atoms with E-state index >= 15 is 0 Å². The van der Waals surface area contributed by atoms with E-state index < -0.39 is 0 Å². The van der Waals surface area contributed by atoms with E-state index in [0.29, 0.717) is 11.4 Å². The summed E-state index contributed by atoms with van der Waals surface area (Å²) in [7, 11) is 0. The van der Waals surface area contributed by atoms with Crippen LogP contribution in [0.3, 0.4) is 0 Å². The minimum atomic E-state index is 0.588. The fraction of sp³-hybridized carbons (Fsp3) is 0. The number of benzene rings is 3. The molecule has 0 aliphatic heterocycles. The van der Waals surface area contributed by atoms with Crippen molar-refractivity contribution in [3.63, 3.8) is 0 Å². The first kappa shape index (κ1) is 14.7. The molecule has 0 spiro atoms. The number of anilines is 3. The Labute approximate surface area is 136 Å². The molecule has 0 bridgehead atoms. The highest BCUT2D eigenvalue weighted by Gasteiger charge is 2.08. The van der Waals surface area contributed by atoms with Crippen molar-refractivity contribution in [3.8, 4) is 11.1 Å². The average molecular weight is 301 g/mol. The third-order valence-electron chi connectivity index (χ3n) is 3.80. The topological polar surface area (TPSA) is 78.1 Å². The Bertz CT molecular complexity index is 835. The standard InChI is InChI=1S/C20H19N3/c21-17-11-8-15(9-12-17)18-13-10-16(19(22)20(18)23)7-6-14-4-2-1-3-5-14/h1-13H,21-23H2. The van der Waals surface area contributed by atoms with Gasteiger partial charge in [0.25, 0.3) is 0 Å². The second-order valence-corrected chi connectivity index (χ2v) is 5.40. The second-order valence-electron chi connectivity index (χ2n) is 5.40. The van der Waals surface area contributed by atoms with E-state index in [9.17, 15) is 0 Å². The summed E-state index contributed by atoms with van der Waals surface area (Å²) >= 11 is 0. The number of hydrogen-bond acceptors (Lipinski definition) is 3. The molecule has 0 heterocycles. The van der Waals surface area contributed by atoms with Gasteiger partial charge in [-0.2, -0.15) is 0 Å². The molecule has 0 unspecified atom stereocenters. The van der Waals surface area contributed by atoms with E-state index in [1.54, 1.807) is 0 Å². The average Bonchev–Trinajstić information content (AvgIpc) is 2.58. The van der Waals surface area contributed by atoms with Crippen LogP contribution in [0.2, 0.25) is 0 Å². The Balaban J connectivity index is 1.95. The first-order valence-electron chi connectivity index (χ1n) is 7.42. The fourth-order valence-corrected chi connectivity index (χ4v) is 2.46. The summed E-state index contributed by atoms with van der Waals surface area (Å²) in [6.07, 6.45) is 4.00. The highest BCUT2D eigenvalue weighted by molar-refractivity contribution is 5.91. The smallest absolute Gasteiger partial charge is 0.0633 e. The van der Waals surface area contributed by atoms with Crippen molar-refractivity contribution < 1.29 is 0 Å². The fourth-order valence-electron chi connectivity index (χ4n) is 2.46. The molecule has 114 valence electrons. The maximum absolute atomic E-state index is 6.23. The number of nitrogen functional groups attached to an aromatic ring is 3. The van der Waals surface area contributed by atoms with Crippen LogP contribution < -0.4 is 17.2 Å². The minimum Gasteiger partial charge on any atom is -0.399 e. The van der Waals surface area contributed by atoms with Gasteiger partial charge in [-0.25, -0.2) is 0 Å². The molecule has 0 saturated heterocycles. The molecular formula is C20H19N3. The largest absolute Gasteiger partial charge is 0.399 e. The molecule has 3 aromatic carbocycles. The molecule has 0 atom stereocenters. The molecule has 23 heavy (non-hydrogen) atoms. The summed E-state index contributed by atoms with van der Waals surface area (Å²) in [6, 6.07) is 21.6. The van der Waals surface area contributed by atoms with Crippen molar-refractivity contribution in [3.05, 3.63) is 77.9 Å². The Morgan fingerprint density at radius 2 is 1.30 bits per heavy atom. The Morgan fingerprint density at radius 3 is 2.00 bits per heavy atom. The van der Waals surface area contributed by atoms with Crippen LogP contribution in [0.4, 0.5) is 17.1 Å². The molecule has 0 amide bonds. The lowest BCUT2D eigenvalue weighted by Crippen LogP contribution is -1.99. The van der Waals surface area contributed by atoms with Crippen LogP contribution in [-0.4, -0.2) is 0 Å². The van der Waals surface area contributed by atoms with E-state index in [-0.39, 0.29) is 0 Å². The van der Waals surface area contributed by atoms with Gasteiger partial charge in [-0.1, -0.05) is 66.7 Å². The quantitative estimate of drug-likeness (QED) is 0.499. The first-order chi connectivity index (χ1) is 11.1. The summed E-state index contributed by atoms with van der Waals surface area (Å²) < 4.78 is 0. The van der Waals surface area contributed by atoms with Crippen LogP contribution >= 0.6 is 0 Å². The molecule has 0 aliphatic rings. The maximum Gasteiger partial charge on any atom is 0.0633 e. The molecule has 6 N–H and O–H groups in total. The SMILES string of the molecule is Nc1ccc(-c2ccc(C=Cc3ccccc3)c(N)c2N)cc1. The van der Waals surface area contributed by atoms with E-state index in [4.69, 9.17) is 17.2 Å². The molecule has 3 rings (SSSR count). The Kier molecular flexibility index (Phi) is 4.02. The molecule has 0 aliphatic carbocycles. The van der Waals surface area contributed by atoms with Gasteiger partial charge in [-0.05, 0) is 28.8 Å². The van der Waals surface area contributed by atoms with Crippen LogP contribution in [0, 0.1) is 0 Å². The Morgan fingerprint density at radius 1 is 0.609 bits per heavy atom. The molecule has 3 nitrogen and oxygen atoms in total. The van der Waals surface area contributed by atoms with E-state index in [1.807, 2.05) is 78.9 Å². The Hall–Kier alpha value is -3.20. The van der Waals surface area contributed by atoms with Crippen LogP contribution in [-0.2, 0) is 0 Å². The predicted molar refractivity (Wildman–Crippen MR) is 100 cm³/mol. The van der Waals surface area contributed by atoms with E-state index in [1.165, 1.54) is 0 Å². The van der Waals surface area contributed by atoms with Gasteiger partial charge in [-0.15, -0.1) is 0 Å². The predicted octanol–water partition coefficient (Wildman–Crippen LogP) is 4.27. The van der Waals surface area contributed by atoms with Crippen molar-refractivity contribution in [1.82, 2.24) is 0 Å². The molecule has 0 aromatic heterocycles. The first-order valence-corrected chi connectivity index (χ1v) is 7.42.